The van der Waals surface area contributed by atoms with E-state index in [9.17, 15) is 0 Å². The highest BCUT2D eigenvalue weighted by Crippen LogP contribution is 2.32. The van der Waals surface area contributed by atoms with Gasteiger partial charge in [-0.05, 0) is 43.7 Å². The zero-order valence-electron chi connectivity index (χ0n) is 13.3. The molecule has 0 saturated carbocycles. The molecule has 0 amide bonds. The van der Waals surface area contributed by atoms with Gasteiger partial charge in [0.15, 0.2) is 0 Å². The monoisotopic (exact) mass is 304 g/mol. The van der Waals surface area contributed by atoms with Crippen LogP contribution >= 0.6 is 11.3 Å². The van der Waals surface area contributed by atoms with Crippen LogP contribution in [0, 0.1) is 0 Å². The van der Waals surface area contributed by atoms with Crippen LogP contribution in [-0.2, 0) is 6.54 Å². The molecular formula is C17H24N2OS. The van der Waals surface area contributed by atoms with E-state index >= 15 is 0 Å². The molecule has 2 aromatic rings. The Morgan fingerprint density at radius 3 is 2.48 bits per heavy atom. The van der Waals surface area contributed by atoms with E-state index in [1.807, 2.05) is 19.1 Å². The van der Waals surface area contributed by atoms with Crippen LogP contribution in [0.25, 0.3) is 10.6 Å². The number of hydrogen-bond acceptors (Lipinski definition) is 4. The van der Waals surface area contributed by atoms with Crippen LogP contribution in [0.1, 0.15) is 44.2 Å². The second-order valence-electron chi connectivity index (χ2n) is 5.22. The predicted octanol–water partition coefficient (Wildman–Crippen LogP) is 4.44. The minimum absolute atomic E-state index is 0.450. The Labute approximate surface area is 131 Å². The van der Waals surface area contributed by atoms with Crippen molar-refractivity contribution in [3.63, 3.8) is 0 Å². The van der Waals surface area contributed by atoms with Gasteiger partial charge in [-0.25, -0.2) is 4.98 Å². The van der Waals surface area contributed by atoms with Crippen molar-refractivity contribution < 1.29 is 4.74 Å². The Hall–Kier alpha value is -1.39. The molecule has 2 rings (SSSR count). The van der Waals surface area contributed by atoms with Gasteiger partial charge in [0.1, 0.15) is 10.8 Å². The average Bonchev–Trinajstić information content (AvgIpc) is 2.90. The van der Waals surface area contributed by atoms with E-state index in [2.05, 4.69) is 38.2 Å². The van der Waals surface area contributed by atoms with E-state index in [0.717, 1.165) is 29.4 Å². The van der Waals surface area contributed by atoms with Crippen molar-refractivity contribution in [2.45, 2.75) is 40.2 Å². The Kier molecular flexibility index (Phi) is 5.76. The van der Waals surface area contributed by atoms with Crippen LogP contribution < -0.4 is 10.1 Å². The van der Waals surface area contributed by atoms with E-state index in [4.69, 9.17) is 9.72 Å². The quantitative estimate of drug-likeness (QED) is 0.821. The third kappa shape index (κ3) is 4.05. The summed E-state index contributed by atoms with van der Waals surface area (Å²) in [4.78, 5) is 6.19. The van der Waals surface area contributed by atoms with Crippen LogP contribution in [0.5, 0.6) is 5.75 Å². The summed E-state index contributed by atoms with van der Waals surface area (Å²) in [7, 11) is 0. The number of rotatable bonds is 7. The zero-order valence-corrected chi connectivity index (χ0v) is 14.1. The van der Waals surface area contributed by atoms with Gasteiger partial charge in [0.25, 0.3) is 0 Å². The molecule has 3 nitrogen and oxygen atoms in total. The summed E-state index contributed by atoms with van der Waals surface area (Å²) in [6.07, 6.45) is 0. The van der Waals surface area contributed by atoms with Gasteiger partial charge in [0.2, 0.25) is 0 Å². The topological polar surface area (TPSA) is 34.1 Å². The molecule has 0 fully saturated rings. The smallest absolute Gasteiger partial charge is 0.123 e. The number of hydrogen-bond donors (Lipinski definition) is 1. The van der Waals surface area contributed by atoms with Gasteiger partial charge >= 0.3 is 0 Å². The van der Waals surface area contributed by atoms with E-state index in [1.165, 1.54) is 10.6 Å². The molecule has 0 bridgehead atoms. The van der Waals surface area contributed by atoms with E-state index in [-0.39, 0.29) is 0 Å². The molecule has 0 radical (unpaired) electrons. The Morgan fingerprint density at radius 2 is 1.90 bits per heavy atom. The minimum Gasteiger partial charge on any atom is -0.494 e. The average molecular weight is 304 g/mol. The molecule has 0 aliphatic heterocycles. The molecule has 0 unspecified atom stereocenters. The zero-order chi connectivity index (χ0) is 15.2. The fourth-order valence-corrected chi connectivity index (χ4v) is 3.36. The molecule has 4 heteroatoms. The fraction of sp³-hybridized carbons (Fsp3) is 0.471. The van der Waals surface area contributed by atoms with E-state index in [0.29, 0.717) is 12.5 Å². The molecule has 1 aromatic heterocycles. The second kappa shape index (κ2) is 7.57. The minimum atomic E-state index is 0.450. The number of nitrogens with zero attached hydrogens (tertiary/aromatic N) is 1. The van der Waals surface area contributed by atoms with Crippen LogP contribution in [0.15, 0.2) is 24.3 Å². The van der Waals surface area contributed by atoms with Gasteiger partial charge in [-0.15, -0.1) is 11.3 Å². The predicted molar refractivity (Wildman–Crippen MR) is 90.2 cm³/mol. The highest BCUT2D eigenvalue weighted by molar-refractivity contribution is 7.15. The summed E-state index contributed by atoms with van der Waals surface area (Å²) in [6, 6.07) is 8.20. The number of nitrogens with one attached hydrogen (secondary N) is 1. The third-order valence-corrected chi connectivity index (χ3v) is 4.34. The molecule has 0 atom stereocenters. The first-order chi connectivity index (χ1) is 10.2. The SMILES string of the molecule is CCNCc1sc(-c2ccc(OCC)cc2)nc1C(C)C. The summed E-state index contributed by atoms with van der Waals surface area (Å²) in [5.41, 5.74) is 2.37. The van der Waals surface area contributed by atoms with E-state index in [1.54, 1.807) is 11.3 Å². The normalized spacial score (nSPS) is 11.1. The molecule has 0 spiro atoms. The lowest BCUT2D eigenvalue weighted by atomic mass is 10.1. The number of thiazole rings is 1. The lowest BCUT2D eigenvalue weighted by Gasteiger charge is -2.04. The third-order valence-electron chi connectivity index (χ3n) is 3.22. The Morgan fingerprint density at radius 1 is 1.19 bits per heavy atom. The van der Waals surface area contributed by atoms with Crippen molar-refractivity contribution in [2.24, 2.45) is 0 Å². The highest BCUT2D eigenvalue weighted by atomic mass is 32.1. The van der Waals surface area contributed by atoms with Crippen molar-refractivity contribution >= 4 is 11.3 Å². The number of ether oxygens (including phenoxy) is 1. The molecule has 0 aliphatic carbocycles. The van der Waals surface area contributed by atoms with Crippen LogP contribution in [0.2, 0.25) is 0 Å². The first-order valence-corrected chi connectivity index (χ1v) is 8.40. The van der Waals surface area contributed by atoms with Gasteiger partial charge in [-0.3, -0.25) is 0 Å². The van der Waals surface area contributed by atoms with Gasteiger partial charge in [0, 0.05) is 17.0 Å². The van der Waals surface area contributed by atoms with Gasteiger partial charge in [-0.2, -0.15) is 0 Å². The van der Waals surface area contributed by atoms with Gasteiger partial charge in [-0.1, -0.05) is 20.8 Å². The fourth-order valence-electron chi connectivity index (χ4n) is 2.16. The summed E-state index contributed by atoms with van der Waals surface area (Å²) < 4.78 is 5.49. The molecule has 1 aromatic carbocycles. The summed E-state index contributed by atoms with van der Waals surface area (Å²) in [5, 5.41) is 4.49. The van der Waals surface area contributed by atoms with E-state index < -0.39 is 0 Å². The molecule has 1 N–H and O–H groups in total. The first-order valence-electron chi connectivity index (χ1n) is 7.59. The largest absolute Gasteiger partial charge is 0.494 e. The summed E-state index contributed by atoms with van der Waals surface area (Å²) in [5.74, 6) is 1.36. The molecule has 0 aliphatic rings. The van der Waals surface area contributed by atoms with Crippen molar-refractivity contribution in [2.75, 3.05) is 13.2 Å². The van der Waals surface area contributed by atoms with Crippen LogP contribution in [-0.4, -0.2) is 18.1 Å². The molecule has 0 saturated heterocycles. The first kappa shape index (κ1) is 16.0. The standard InChI is InChI=1S/C17H24N2OS/c1-5-18-11-15-16(12(3)4)19-17(21-15)13-7-9-14(10-8-13)20-6-2/h7-10,12,18H,5-6,11H2,1-4H3. The second-order valence-corrected chi connectivity index (χ2v) is 6.30. The van der Waals surface area contributed by atoms with Crippen molar-refractivity contribution in [1.82, 2.24) is 10.3 Å². The summed E-state index contributed by atoms with van der Waals surface area (Å²) >= 11 is 1.79. The number of aromatic nitrogens is 1. The number of benzene rings is 1. The van der Waals surface area contributed by atoms with Crippen molar-refractivity contribution in [1.29, 1.82) is 0 Å². The maximum absolute atomic E-state index is 5.49. The molecular weight excluding hydrogens is 280 g/mol. The maximum Gasteiger partial charge on any atom is 0.123 e. The molecule has 21 heavy (non-hydrogen) atoms. The van der Waals surface area contributed by atoms with Gasteiger partial charge in [0.05, 0.1) is 12.3 Å². The Balaban J connectivity index is 2.26. The lowest BCUT2D eigenvalue weighted by Crippen LogP contribution is -2.12. The van der Waals surface area contributed by atoms with Crippen molar-refractivity contribution in [3.05, 3.63) is 34.8 Å². The molecule has 114 valence electrons. The maximum atomic E-state index is 5.49. The van der Waals surface area contributed by atoms with Crippen LogP contribution in [0.3, 0.4) is 0 Å². The van der Waals surface area contributed by atoms with Gasteiger partial charge < -0.3 is 10.1 Å². The highest BCUT2D eigenvalue weighted by Gasteiger charge is 2.14. The van der Waals surface area contributed by atoms with Crippen molar-refractivity contribution in [3.8, 4) is 16.3 Å². The van der Waals surface area contributed by atoms with Crippen LogP contribution in [0.4, 0.5) is 0 Å². The lowest BCUT2D eigenvalue weighted by molar-refractivity contribution is 0.340. The summed E-state index contributed by atoms with van der Waals surface area (Å²) in [6.45, 7) is 11.1. The Bertz CT molecular complexity index is 561. The molecule has 1 heterocycles.